The zero-order valence-corrected chi connectivity index (χ0v) is 38.9. The molecule has 0 radical (unpaired) electrons. The second-order valence-electron chi connectivity index (χ2n) is 17.4. The highest BCUT2D eigenvalue weighted by Crippen LogP contribution is 2.32. The third kappa shape index (κ3) is 11.1. The summed E-state index contributed by atoms with van der Waals surface area (Å²) in [6.07, 6.45) is 0.840. The average molecular weight is 915 g/mol. The summed E-state index contributed by atoms with van der Waals surface area (Å²) in [5.41, 5.74) is 6.72. The van der Waals surface area contributed by atoms with Gasteiger partial charge >= 0.3 is 0 Å². The maximum atomic E-state index is 14.2. The Hall–Kier alpha value is -6.49. The SMILES string of the molecule is Cc1ccccc1Nc1ncc(C(=O)NCCCC(=O)N[C@H](C(=O)N2C[C@H](O)C[C@H]2C(=O)N[C@@H](C)c2ccc(-c3scnc3C)cc2)C(C)(C)C)cc1NC(=O)c1csc2ccccc12. The van der Waals surface area contributed by atoms with Gasteiger partial charge in [0.15, 0.2) is 5.82 Å². The lowest BCUT2D eigenvalue weighted by Crippen LogP contribution is -2.57. The molecule has 0 bridgehead atoms. The Bertz CT molecular complexity index is 2710. The Morgan fingerprint density at radius 1 is 0.892 bits per heavy atom. The number of hydrogen-bond acceptors (Lipinski definition) is 11. The van der Waals surface area contributed by atoms with E-state index in [4.69, 9.17) is 0 Å². The molecule has 3 aromatic carbocycles. The van der Waals surface area contributed by atoms with Gasteiger partial charge in [-0.25, -0.2) is 9.97 Å². The number of benzene rings is 3. The molecule has 4 heterocycles. The van der Waals surface area contributed by atoms with Crippen LogP contribution in [0.1, 0.15) is 90.5 Å². The number of carbonyl (C=O) groups excluding carboxylic acids is 5. The van der Waals surface area contributed by atoms with Crippen molar-refractivity contribution >= 4 is 79.5 Å². The molecule has 65 heavy (non-hydrogen) atoms. The van der Waals surface area contributed by atoms with Gasteiger partial charge in [0.2, 0.25) is 17.7 Å². The van der Waals surface area contributed by atoms with Crippen LogP contribution in [0.4, 0.5) is 17.2 Å². The number of likely N-dealkylation sites (tertiary alicyclic amines) is 1. The van der Waals surface area contributed by atoms with Crippen molar-refractivity contribution in [2.45, 2.75) is 85.0 Å². The Labute approximate surface area is 386 Å². The van der Waals surface area contributed by atoms with E-state index >= 15 is 0 Å². The van der Waals surface area contributed by atoms with E-state index in [0.717, 1.165) is 43.0 Å². The molecule has 1 fully saturated rings. The van der Waals surface area contributed by atoms with Crippen molar-refractivity contribution in [2.75, 3.05) is 23.7 Å². The quantitative estimate of drug-likeness (QED) is 0.0555. The zero-order valence-electron chi connectivity index (χ0n) is 37.2. The minimum atomic E-state index is -0.996. The number of nitrogens with one attached hydrogen (secondary N) is 5. The predicted octanol–water partition coefficient (Wildman–Crippen LogP) is 7.91. The number of β-amino-alcohol motifs (C(OH)–C–C–N with tert-alkyl or cyclic N) is 1. The van der Waals surface area contributed by atoms with Crippen molar-refractivity contribution in [3.8, 4) is 10.4 Å². The van der Waals surface area contributed by atoms with Crippen molar-refractivity contribution < 1.29 is 29.1 Å². The molecule has 3 aromatic heterocycles. The number of aryl methyl sites for hydroxylation is 2. The molecule has 1 aliphatic heterocycles. The summed E-state index contributed by atoms with van der Waals surface area (Å²) in [6.45, 7) is 11.3. The van der Waals surface area contributed by atoms with E-state index in [1.54, 1.807) is 22.8 Å². The van der Waals surface area contributed by atoms with E-state index in [2.05, 4.69) is 36.6 Å². The van der Waals surface area contributed by atoms with Crippen molar-refractivity contribution in [1.82, 2.24) is 30.8 Å². The number of hydrogen-bond donors (Lipinski definition) is 6. The third-order valence-electron chi connectivity index (χ3n) is 11.4. The van der Waals surface area contributed by atoms with Crippen LogP contribution in [-0.4, -0.2) is 80.8 Å². The summed E-state index contributed by atoms with van der Waals surface area (Å²) in [7, 11) is 0. The van der Waals surface area contributed by atoms with Gasteiger partial charge in [-0.2, -0.15) is 0 Å². The first-order valence-corrected chi connectivity index (χ1v) is 23.3. The van der Waals surface area contributed by atoms with Crippen LogP contribution in [0.5, 0.6) is 0 Å². The number of pyridine rings is 1. The van der Waals surface area contributed by atoms with E-state index < -0.39 is 47.2 Å². The van der Waals surface area contributed by atoms with E-state index in [1.165, 1.54) is 22.4 Å². The van der Waals surface area contributed by atoms with Gasteiger partial charge in [0.25, 0.3) is 11.8 Å². The van der Waals surface area contributed by atoms with E-state index in [0.29, 0.717) is 17.1 Å². The molecule has 1 saturated heterocycles. The highest BCUT2D eigenvalue weighted by Gasteiger charge is 2.44. The molecule has 5 amide bonds. The fourth-order valence-corrected chi connectivity index (χ4v) is 9.52. The Balaban J connectivity index is 0.951. The molecule has 7 rings (SSSR count). The first-order valence-electron chi connectivity index (χ1n) is 21.5. The normalized spacial score (nSPS) is 15.8. The average Bonchev–Trinajstić information content (AvgIpc) is 4.03. The lowest BCUT2D eigenvalue weighted by atomic mass is 9.85. The molecule has 0 saturated carbocycles. The molecule has 6 aromatic rings. The minimum absolute atomic E-state index is 0.00100. The number of aliphatic hydroxyl groups is 1. The molecule has 14 nitrogen and oxygen atoms in total. The van der Waals surface area contributed by atoms with Gasteiger partial charge in [-0.05, 0) is 67.5 Å². The van der Waals surface area contributed by atoms with Crippen LogP contribution in [0.3, 0.4) is 0 Å². The number of amides is 5. The number of thiazole rings is 1. The lowest BCUT2D eigenvalue weighted by Gasteiger charge is -2.35. The number of fused-ring (bicyclic) bond motifs is 1. The van der Waals surface area contributed by atoms with E-state index in [9.17, 15) is 29.1 Å². The zero-order chi connectivity index (χ0) is 46.4. The van der Waals surface area contributed by atoms with Gasteiger partial charge in [-0.3, -0.25) is 24.0 Å². The summed E-state index contributed by atoms with van der Waals surface area (Å²) < 4.78 is 0.975. The molecular formula is C49H54N8O6S2. The summed E-state index contributed by atoms with van der Waals surface area (Å²) in [6, 6.07) is 22.4. The summed E-state index contributed by atoms with van der Waals surface area (Å²) >= 11 is 3.03. The molecule has 0 unspecified atom stereocenters. The Morgan fingerprint density at radius 3 is 2.35 bits per heavy atom. The van der Waals surface area contributed by atoms with Crippen molar-refractivity contribution in [1.29, 1.82) is 0 Å². The van der Waals surface area contributed by atoms with Gasteiger partial charge < -0.3 is 36.6 Å². The largest absolute Gasteiger partial charge is 0.391 e. The summed E-state index contributed by atoms with van der Waals surface area (Å²) in [5.74, 6) is -1.69. The maximum Gasteiger partial charge on any atom is 0.257 e. The van der Waals surface area contributed by atoms with E-state index in [1.807, 2.05) is 120 Å². The molecular weight excluding hydrogens is 861 g/mol. The van der Waals surface area contributed by atoms with Gasteiger partial charge in [-0.15, -0.1) is 22.7 Å². The second-order valence-corrected chi connectivity index (χ2v) is 19.2. The number of nitrogens with zero attached hydrogens (tertiary/aromatic N) is 3. The highest BCUT2D eigenvalue weighted by atomic mass is 32.1. The van der Waals surface area contributed by atoms with Crippen LogP contribution in [0, 0.1) is 19.3 Å². The third-order valence-corrected chi connectivity index (χ3v) is 13.4. The monoisotopic (exact) mass is 914 g/mol. The second kappa shape index (κ2) is 20.1. The van der Waals surface area contributed by atoms with Crippen molar-refractivity contribution in [2.24, 2.45) is 5.41 Å². The highest BCUT2D eigenvalue weighted by molar-refractivity contribution is 7.17. The fraction of sp³-hybridized carbons (Fsp3) is 0.327. The Kier molecular flexibility index (Phi) is 14.4. The molecule has 16 heteroatoms. The van der Waals surface area contributed by atoms with Crippen LogP contribution in [0.2, 0.25) is 0 Å². The van der Waals surface area contributed by atoms with Gasteiger partial charge in [0, 0.05) is 53.3 Å². The van der Waals surface area contributed by atoms with Crippen LogP contribution in [-0.2, 0) is 14.4 Å². The number of para-hydroxylation sites is 1. The molecule has 1 aliphatic rings. The topological polar surface area (TPSA) is 195 Å². The fourth-order valence-electron chi connectivity index (χ4n) is 7.77. The van der Waals surface area contributed by atoms with Crippen molar-refractivity contribution in [3.63, 3.8) is 0 Å². The minimum Gasteiger partial charge on any atom is -0.391 e. The maximum absolute atomic E-state index is 14.2. The van der Waals surface area contributed by atoms with Crippen molar-refractivity contribution in [3.05, 3.63) is 124 Å². The number of carbonyl (C=O) groups is 5. The molecule has 0 spiro atoms. The standard InChI is InChI=1S/C49H54N8O6S2/c1-28-12-7-9-14-37(28)54-44-38(55-46(61)36-26-64-40-15-10-8-13-35(36)40)22-33(24-51-44)45(60)50-21-11-16-41(59)56-43(49(4,5)6)48(63)57-25-34(58)23-39(57)47(62)53-29(2)31-17-19-32(20-18-31)42-30(3)52-27-65-42/h7-10,12-15,17-20,22,24,26-27,29,34,39,43,58H,11,16,21,23,25H2,1-6H3,(H,50,60)(H,51,54)(H,53,62)(H,55,61)(H,56,59)/t29-,34+,39-,43+/m0/s1. The van der Waals surface area contributed by atoms with Crippen LogP contribution in [0.15, 0.2) is 96.0 Å². The molecule has 6 N–H and O–H groups in total. The summed E-state index contributed by atoms with van der Waals surface area (Å²) in [5, 5.41) is 28.3. The molecule has 0 aliphatic carbocycles. The number of thiophene rings is 1. The van der Waals surface area contributed by atoms with E-state index in [-0.39, 0.29) is 49.9 Å². The van der Waals surface area contributed by atoms with Gasteiger partial charge in [-0.1, -0.05) is 81.4 Å². The summed E-state index contributed by atoms with van der Waals surface area (Å²) in [4.78, 5) is 79.6. The number of rotatable bonds is 15. The van der Waals surface area contributed by atoms with Crippen LogP contribution < -0.4 is 26.6 Å². The number of aromatic nitrogens is 2. The van der Waals surface area contributed by atoms with Gasteiger partial charge in [0.1, 0.15) is 12.1 Å². The number of aliphatic hydroxyl groups excluding tert-OH is 1. The lowest BCUT2D eigenvalue weighted by molar-refractivity contribution is -0.144. The molecule has 338 valence electrons. The molecule has 4 atom stereocenters. The van der Waals surface area contributed by atoms with Crippen LogP contribution >= 0.6 is 22.7 Å². The first-order chi connectivity index (χ1) is 31.1. The van der Waals surface area contributed by atoms with Crippen LogP contribution in [0.25, 0.3) is 20.5 Å². The number of anilines is 3. The first kappa shape index (κ1) is 46.5. The smallest absolute Gasteiger partial charge is 0.257 e. The van der Waals surface area contributed by atoms with Gasteiger partial charge in [0.05, 0.1) is 45.0 Å². The Morgan fingerprint density at radius 2 is 1.63 bits per heavy atom. The predicted molar refractivity (Wildman–Crippen MR) is 256 cm³/mol.